The molecule has 27 heavy (non-hydrogen) atoms. The summed E-state index contributed by atoms with van der Waals surface area (Å²) in [5, 5.41) is 2.88. The molecule has 0 saturated carbocycles. The largest absolute Gasteiger partial charge is 0.416 e. The van der Waals surface area contributed by atoms with Crippen molar-refractivity contribution in [2.45, 2.75) is 51.5 Å². The first kappa shape index (κ1) is 19.4. The molecule has 146 valence electrons. The number of carbonyl (C=O) groups excluding carboxylic acids is 1. The number of carbonyl (C=O) groups is 1. The molecular formula is C19H23F3N4O. The Morgan fingerprint density at radius 2 is 1.74 bits per heavy atom. The van der Waals surface area contributed by atoms with Gasteiger partial charge in [0, 0.05) is 37.5 Å². The summed E-state index contributed by atoms with van der Waals surface area (Å²) in [6.07, 6.45) is -3.16. The zero-order chi connectivity index (χ0) is 19.8. The van der Waals surface area contributed by atoms with Gasteiger partial charge in [0.15, 0.2) is 5.66 Å². The van der Waals surface area contributed by atoms with Crippen LogP contribution < -0.4 is 5.32 Å². The summed E-state index contributed by atoms with van der Waals surface area (Å²) >= 11 is 0. The number of aliphatic imine (C=N–C) groups is 2. The fraction of sp³-hybridized carbons (Fsp3) is 0.526. The lowest BCUT2D eigenvalue weighted by atomic mass is 9.98. The van der Waals surface area contributed by atoms with Crippen molar-refractivity contribution in [1.29, 1.82) is 0 Å². The van der Waals surface area contributed by atoms with E-state index in [1.54, 1.807) is 4.90 Å². The van der Waals surface area contributed by atoms with Crippen molar-refractivity contribution in [2.75, 3.05) is 13.1 Å². The fourth-order valence-electron chi connectivity index (χ4n) is 3.40. The van der Waals surface area contributed by atoms with Gasteiger partial charge in [0.2, 0.25) is 0 Å². The van der Waals surface area contributed by atoms with Gasteiger partial charge in [-0.15, -0.1) is 0 Å². The van der Waals surface area contributed by atoms with Gasteiger partial charge in [-0.2, -0.15) is 13.2 Å². The highest BCUT2D eigenvalue weighted by molar-refractivity contribution is 6.48. The third kappa shape index (κ3) is 4.14. The summed E-state index contributed by atoms with van der Waals surface area (Å²) in [4.78, 5) is 23.3. The maximum Gasteiger partial charge on any atom is 0.416 e. The molecule has 0 bridgehead atoms. The number of urea groups is 1. The van der Waals surface area contributed by atoms with Crippen molar-refractivity contribution in [3.8, 4) is 0 Å². The van der Waals surface area contributed by atoms with E-state index >= 15 is 0 Å². The minimum absolute atomic E-state index is 0.0735. The number of rotatable bonds is 2. The van der Waals surface area contributed by atoms with Crippen LogP contribution in [0.1, 0.15) is 44.7 Å². The van der Waals surface area contributed by atoms with Gasteiger partial charge in [-0.05, 0) is 32.9 Å². The number of piperidine rings is 1. The van der Waals surface area contributed by atoms with Crippen molar-refractivity contribution < 1.29 is 18.0 Å². The van der Waals surface area contributed by atoms with Gasteiger partial charge in [0.1, 0.15) is 0 Å². The Balaban J connectivity index is 1.73. The van der Waals surface area contributed by atoms with Crippen molar-refractivity contribution in [1.82, 2.24) is 10.2 Å². The molecule has 3 rings (SSSR count). The number of hydrogen-bond donors (Lipinski definition) is 1. The van der Waals surface area contributed by atoms with E-state index in [0.29, 0.717) is 37.2 Å². The van der Waals surface area contributed by atoms with Crippen molar-refractivity contribution in [2.24, 2.45) is 9.98 Å². The number of nitrogens with zero attached hydrogens (tertiary/aromatic N) is 3. The van der Waals surface area contributed by atoms with Gasteiger partial charge in [0.25, 0.3) is 0 Å². The normalized spacial score (nSPS) is 19.3. The first-order valence-corrected chi connectivity index (χ1v) is 8.99. The second kappa shape index (κ2) is 6.98. The average molecular weight is 380 g/mol. The number of hydrogen-bond acceptors (Lipinski definition) is 3. The highest BCUT2D eigenvalue weighted by Gasteiger charge is 2.39. The summed E-state index contributed by atoms with van der Waals surface area (Å²) in [6.45, 7) is 6.73. The number of benzene rings is 1. The van der Waals surface area contributed by atoms with Crippen molar-refractivity contribution >= 4 is 17.5 Å². The van der Waals surface area contributed by atoms with Crippen LogP contribution in [0.15, 0.2) is 34.3 Å². The Morgan fingerprint density at radius 3 is 2.26 bits per heavy atom. The molecule has 1 N–H and O–H groups in total. The standard InChI is InChI=1S/C19H23F3N4O/c1-12(2)23-17(27)26-10-8-18(9-11-26)24-13(3)16(25-18)14-4-6-15(7-5-14)19(20,21)22/h4-7,12H,8-11H2,1-3H3,(H,23,27). The smallest absolute Gasteiger partial charge is 0.336 e. The van der Waals surface area contributed by atoms with Crippen LogP contribution in [0.5, 0.6) is 0 Å². The van der Waals surface area contributed by atoms with E-state index < -0.39 is 17.4 Å². The van der Waals surface area contributed by atoms with E-state index in [2.05, 4.69) is 5.32 Å². The molecule has 5 nitrogen and oxygen atoms in total. The molecular weight excluding hydrogens is 357 g/mol. The molecule has 1 aromatic rings. The predicted octanol–water partition coefficient (Wildman–Crippen LogP) is 3.88. The van der Waals surface area contributed by atoms with E-state index in [9.17, 15) is 18.0 Å². The van der Waals surface area contributed by atoms with E-state index in [0.717, 1.165) is 17.8 Å². The van der Waals surface area contributed by atoms with Crippen LogP contribution in [0.2, 0.25) is 0 Å². The number of alkyl halides is 3. The Bertz CT molecular complexity index is 773. The van der Waals surface area contributed by atoms with Crippen LogP contribution >= 0.6 is 0 Å². The quantitative estimate of drug-likeness (QED) is 0.832. The number of halogens is 3. The molecule has 2 aliphatic rings. The molecule has 8 heteroatoms. The van der Waals surface area contributed by atoms with Gasteiger partial charge in [0.05, 0.1) is 17.0 Å². The Kier molecular flexibility index (Phi) is 5.01. The Hall–Kier alpha value is -2.38. The molecule has 0 unspecified atom stereocenters. The minimum atomic E-state index is -4.36. The highest BCUT2D eigenvalue weighted by Crippen LogP contribution is 2.34. The zero-order valence-electron chi connectivity index (χ0n) is 15.6. The number of nitrogens with one attached hydrogen (secondary N) is 1. The number of likely N-dealkylation sites (tertiary alicyclic amines) is 1. The lowest BCUT2D eigenvalue weighted by Crippen LogP contribution is -2.49. The first-order valence-electron chi connectivity index (χ1n) is 8.99. The van der Waals surface area contributed by atoms with Crippen LogP contribution in [0, 0.1) is 0 Å². The third-order valence-electron chi connectivity index (χ3n) is 4.79. The first-order chi connectivity index (χ1) is 12.6. The van der Waals surface area contributed by atoms with Gasteiger partial charge < -0.3 is 10.2 Å². The topological polar surface area (TPSA) is 57.1 Å². The Morgan fingerprint density at radius 1 is 1.15 bits per heavy atom. The molecule has 2 aliphatic heterocycles. The lowest BCUT2D eigenvalue weighted by Gasteiger charge is -2.35. The van der Waals surface area contributed by atoms with Gasteiger partial charge >= 0.3 is 12.2 Å². The highest BCUT2D eigenvalue weighted by atomic mass is 19.4. The van der Waals surface area contributed by atoms with Gasteiger partial charge in [-0.1, -0.05) is 12.1 Å². The third-order valence-corrected chi connectivity index (χ3v) is 4.79. The van der Waals surface area contributed by atoms with Crippen molar-refractivity contribution in [3.05, 3.63) is 35.4 Å². The van der Waals surface area contributed by atoms with Crippen LogP contribution in [-0.2, 0) is 6.18 Å². The monoisotopic (exact) mass is 380 g/mol. The molecule has 0 atom stereocenters. The molecule has 0 aliphatic carbocycles. The van der Waals surface area contributed by atoms with Gasteiger partial charge in [-0.25, -0.2) is 4.79 Å². The van der Waals surface area contributed by atoms with E-state index in [4.69, 9.17) is 9.98 Å². The second-order valence-electron chi connectivity index (χ2n) is 7.31. The van der Waals surface area contributed by atoms with E-state index in [1.807, 2.05) is 20.8 Å². The zero-order valence-corrected chi connectivity index (χ0v) is 15.6. The molecule has 1 fully saturated rings. The van der Waals surface area contributed by atoms with Crippen LogP contribution in [0.4, 0.5) is 18.0 Å². The molecule has 1 spiro atoms. The Labute approximate surface area is 156 Å². The molecule has 2 heterocycles. The maximum atomic E-state index is 12.7. The summed E-state index contributed by atoms with van der Waals surface area (Å²) in [7, 11) is 0. The summed E-state index contributed by atoms with van der Waals surface area (Å²) in [5.41, 5.74) is 0.676. The maximum absolute atomic E-state index is 12.7. The average Bonchev–Trinajstić information content (AvgIpc) is 2.90. The summed E-state index contributed by atoms with van der Waals surface area (Å²) in [5.74, 6) is 0. The SMILES string of the molecule is CC1=NC2(CCN(C(=O)NC(C)C)CC2)N=C1c1ccc(C(F)(F)F)cc1. The minimum Gasteiger partial charge on any atom is -0.336 e. The lowest BCUT2D eigenvalue weighted by molar-refractivity contribution is -0.137. The summed E-state index contributed by atoms with van der Waals surface area (Å²) in [6, 6.07) is 4.98. The molecule has 1 saturated heterocycles. The molecule has 2 amide bonds. The molecule has 1 aromatic carbocycles. The van der Waals surface area contributed by atoms with Crippen molar-refractivity contribution in [3.63, 3.8) is 0 Å². The van der Waals surface area contributed by atoms with E-state index in [1.165, 1.54) is 12.1 Å². The number of amides is 2. The van der Waals surface area contributed by atoms with Gasteiger partial charge in [-0.3, -0.25) is 9.98 Å². The van der Waals surface area contributed by atoms with Crippen LogP contribution in [0.25, 0.3) is 0 Å². The van der Waals surface area contributed by atoms with Crippen LogP contribution in [-0.4, -0.2) is 47.1 Å². The second-order valence-corrected chi connectivity index (χ2v) is 7.31. The fourth-order valence-corrected chi connectivity index (χ4v) is 3.40. The summed E-state index contributed by atoms with van der Waals surface area (Å²) < 4.78 is 38.2. The molecule has 0 radical (unpaired) electrons. The van der Waals surface area contributed by atoms with E-state index in [-0.39, 0.29) is 12.1 Å². The molecule has 0 aromatic heterocycles. The predicted molar refractivity (Wildman–Crippen MR) is 98.3 cm³/mol. The van der Waals surface area contributed by atoms with Crippen LogP contribution in [0.3, 0.4) is 0 Å².